The van der Waals surface area contributed by atoms with E-state index in [-0.39, 0.29) is 0 Å². The lowest BCUT2D eigenvalue weighted by Crippen LogP contribution is -2.31. The summed E-state index contributed by atoms with van der Waals surface area (Å²) in [6, 6.07) is 6.63. The van der Waals surface area contributed by atoms with Crippen LogP contribution in [0.4, 0.5) is 5.82 Å². The Bertz CT molecular complexity index is 599. The molecule has 4 heteroatoms. The molecule has 0 saturated heterocycles. The summed E-state index contributed by atoms with van der Waals surface area (Å²) in [7, 11) is 0. The molecule has 1 aliphatic carbocycles. The van der Waals surface area contributed by atoms with Gasteiger partial charge in [0.2, 0.25) is 0 Å². The Hall–Kier alpha value is -1.68. The van der Waals surface area contributed by atoms with Gasteiger partial charge in [-0.15, -0.1) is 0 Å². The maximum atomic E-state index is 5.82. The van der Waals surface area contributed by atoms with Crippen LogP contribution in [0, 0.1) is 6.92 Å². The van der Waals surface area contributed by atoms with Gasteiger partial charge >= 0.3 is 0 Å². The van der Waals surface area contributed by atoms with E-state index in [1.807, 2.05) is 6.07 Å². The Kier molecular flexibility index (Phi) is 3.83. The molecule has 1 aromatic heterocycles. The van der Waals surface area contributed by atoms with E-state index in [4.69, 9.17) is 4.74 Å². The van der Waals surface area contributed by atoms with Crippen molar-refractivity contribution in [3.63, 3.8) is 0 Å². The number of nitrogens with zero attached hydrogens (tertiary/aromatic N) is 2. The molecule has 1 aliphatic rings. The van der Waals surface area contributed by atoms with Crippen molar-refractivity contribution < 1.29 is 4.74 Å². The van der Waals surface area contributed by atoms with Crippen LogP contribution in [0.5, 0.6) is 0 Å². The van der Waals surface area contributed by atoms with Crippen LogP contribution in [0.3, 0.4) is 0 Å². The number of fused-ring (bicyclic) bond motifs is 1. The van der Waals surface area contributed by atoms with Crippen LogP contribution in [-0.2, 0) is 4.74 Å². The van der Waals surface area contributed by atoms with E-state index in [1.54, 1.807) is 6.33 Å². The standard InChI is InChI=1S/C16H21N3O/c1-3-20-15-6-4-5-14(15)19-16-12-9-11(2)7-8-13(12)17-10-18-16/h7-10,14-15H,3-6H2,1-2H3,(H,17,18,19)/t14-,15-/m1/s1. The topological polar surface area (TPSA) is 47.0 Å². The summed E-state index contributed by atoms with van der Waals surface area (Å²) in [5.74, 6) is 0.926. The molecule has 0 bridgehead atoms. The lowest BCUT2D eigenvalue weighted by molar-refractivity contribution is 0.0616. The van der Waals surface area contributed by atoms with Crippen molar-refractivity contribution in [2.45, 2.75) is 45.3 Å². The number of hydrogen-bond donors (Lipinski definition) is 1. The van der Waals surface area contributed by atoms with Crippen molar-refractivity contribution in [2.24, 2.45) is 0 Å². The molecule has 4 nitrogen and oxygen atoms in total. The van der Waals surface area contributed by atoms with Gasteiger partial charge in [0.15, 0.2) is 0 Å². The second-order valence-electron chi connectivity index (χ2n) is 5.42. The number of nitrogens with one attached hydrogen (secondary N) is 1. The fourth-order valence-electron chi connectivity index (χ4n) is 2.97. The number of anilines is 1. The maximum absolute atomic E-state index is 5.82. The number of aryl methyl sites for hydroxylation is 1. The number of rotatable bonds is 4. The van der Waals surface area contributed by atoms with Crippen molar-refractivity contribution in [3.8, 4) is 0 Å². The van der Waals surface area contributed by atoms with Gasteiger partial charge in [-0.2, -0.15) is 0 Å². The maximum Gasteiger partial charge on any atom is 0.137 e. The van der Waals surface area contributed by atoms with E-state index in [0.717, 1.165) is 36.2 Å². The molecule has 3 rings (SSSR count). The molecule has 1 N–H and O–H groups in total. The smallest absolute Gasteiger partial charge is 0.137 e. The SMILES string of the molecule is CCO[C@@H]1CCC[C@H]1Nc1ncnc2ccc(C)cc12. The fourth-order valence-corrected chi connectivity index (χ4v) is 2.97. The molecule has 1 fully saturated rings. The number of aromatic nitrogens is 2. The number of hydrogen-bond acceptors (Lipinski definition) is 4. The molecule has 1 saturated carbocycles. The molecular formula is C16H21N3O. The molecule has 1 aromatic carbocycles. The van der Waals surface area contributed by atoms with Crippen molar-refractivity contribution in [2.75, 3.05) is 11.9 Å². The van der Waals surface area contributed by atoms with Gasteiger partial charge in [-0.05, 0) is 45.2 Å². The molecule has 106 valence electrons. The Labute approximate surface area is 119 Å². The molecule has 0 amide bonds. The molecule has 1 heterocycles. The molecule has 0 radical (unpaired) electrons. The minimum absolute atomic E-state index is 0.301. The zero-order chi connectivity index (χ0) is 13.9. The summed E-state index contributed by atoms with van der Waals surface area (Å²) < 4.78 is 5.82. The van der Waals surface area contributed by atoms with E-state index in [1.165, 1.54) is 12.0 Å². The summed E-state index contributed by atoms with van der Waals surface area (Å²) in [6.45, 7) is 4.92. The first-order valence-corrected chi connectivity index (χ1v) is 7.37. The normalized spacial score (nSPS) is 22.3. The third-order valence-corrected chi connectivity index (χ3v) is 3.95. The van der Waals surface area contributed by atoms with Crippen LogP contribution >= 0.6 is 0 Å². The van der Waals surface area contributed by atoms with Crippen LogP contribution in [0.1, 0.15) is 31.7 Å². The average molecular weight is 271 g/mol. The molecule has 2 atom stereocenters. The zero-order valence-corrected chi connectivity index (χ0v) is 12.1. The van der Waals surface area contributed by atoms with E-state index in [0.29, 0.717) is 12.1 Å². The predicted molar refractivity (Wildman–Crippen MR) is 81.0 cm³/mol. The first kappa shape index (κ1) is 13.3. The Balaban J connectivity index is 1.88. The van der Waals surface area contributed by atoms with Gasteiger partial charge in [0.1, 0.15) is 12.1 Å². The highest BCUT2D eigenvalue weighted by atomic mass is 16.5. The van der Waals surface area contributed by atoms with Gasteiger partial charge in [-0.3, -0.25) is 0 Å². The highest BCUT2D eigenvalue weighted by molar-refractivity contribution is 5.89. The van der Waals surface area contributed by atoms with Gasteiger partial charge in [0.05, 0.1) is 17.7 Å². The van der Waals surface area contributed by atoms with Gasteiger partial charge in [0, 0.05) is 12.0 Å². The predicted octanol–water partition coefficient (Wildman–Crippen LogP) is 3.31. The van der Waals surface area contributed by atoms with Crippen LogP contribution in [0.15, 0.2) is 24.5 Å². The first-order chi connectivity index (χ1) is 9.78. The van der Waals surface area contributed by atoms with E-state index < -0.39 is 0 Å². The summed E-state index contributed by atoms with van der Waals surface area (Å²) in [5, 5.41) is 4.66. The van der Waals surface area contributed by atoms with Crippen molar-refractivity contribution >= 4 is 16.7 Å². The zero-order valence-electron chi connectivity index (χ0n) is 12.1. The van der Waals surface area contributed by atoms with Crippen molar-refractivity contribution in [3.05, 3.63) is 30.1 Å². The minimum atomic E-state index is 0.301. The van der Waals surface area contributed by atoms with E-state index in [9.17, 15) is 0 Å². The van der Waals surface area contributed by atoms with Crippen molar-refractivity contribution in [1.29, 1.82) is 0 Å². The third-order valence-electron chi connectivity index (χ3n) is 3.95. The molecular weight excluding hydrogens is 250 g/mol. The quantitative estimate of drug-likeness (QED) is 0.926. The van der Waals surface area contributed by atoms with Crippen molar-refractivity contribution in [1.82, 2.24) is 9.97 Å². The second kappa shape index (κ2) is 5.75. The monoisotopic (exact) mass is 271 g/mol. The summed E-state index contributed by atoms with van der Waals surface area (Å²) in [5.41, 5.74) is 2.21. The van der Waals surface area contributed by atoms with Gasteiger partial charge < -0.3 is 10.1 Å². The molecule has 0 spiro atoms. The van der Waals surface area contributed by atoms with Crippen LogP contribution in [0.25, 0.3) is 10.9 Å². The minimum Gasteiger partial charge on any atom is -0.376 e. The van der Waals surface area contributed by atoms with Gasteiger partial charge in [-0.25, -0.2) is 9.97 Å². The average Bonchev–Trinajstić information content (AvgIpc) is 2.87. The summed E-state index contributed by atoms with van der Waals surface area (Å²) >= 11 is 0. The molecule has 2 aromatic rings. The van der Waals surface area contributed by atoms with Crippen LogP contribution in [-0.4, -0.2) is 28.7 Å². The lowest BCUT2D eigenvalue weighted by atomic mass is 10.1. The van der Waals surface area contributed by atoms with E-state index >= 15 is 0 Å². The van der Waals surface area contributed by atoms with Crippen LogP contribution in [0.2, 0.25) is 0 Å². The highest BCUT2D eigenvalue weighted by Crippen LogP contribution is 2.28. The largest absolute Gasteiger partial charge is 0.376 e. The Morgan fingerprint density at radius 3 is 3.05 bits per heavy atom. The Morgan fingerprint density at radius 2 is 2.20 bits per heavy atom. The highest BCUT2D eigenvalue weighted by Gasteiger charge is 2.28. The molecule has 0 aliphatic heterocycles. The second-order valence-corrected chi connectivity index (χ2v) is 5.42. The van der Waals surface area contributed by atoms with Gasteiger partial charge in [0.25, 0.3) is 0 Å². The number of ether oxygens (including phenoxy) is 1. The van der Waals surface area contributed by atoms with Crippen LogP contribution < -0.4 is 5.32 Å². The molecule has 20 heavy (non-hydrogen) atoms. The third kappa shape index (κ3) is 2.61. The van der Waals surface area contributed by atoms with Gasteiger partial charge in [-0.1, -0.05) is 11.6 Å². The van der Waals surface area contributed by atoms with E-state index in [2.05, 4.69) is 41.3 Å². The lowest BCUT2D eigenvalue weighted by Gasteiger charge is -2.22. The first-order valence-electron chi connectivity index (χ1n) is 7.37. The summed E-state index contributed by atoms with van der Waals surface area (Å²) in [6.07, 6.45) is 5.42. The Morgan fingerprint density at radius 1 is 1.30 bits per heavy atom. The summed E-state index contributed by atoms with van der Waals surface area (Å²) in [4.78, 5) is 8.76. The molecule has 0 unspecified atom stereocenters. The fraction of sp³-hybridized carbons (Fsp3) is 0.500. The number of benzene rings is 1.